The number of anilines is 2. The maximum atomic E-state index is 14.0. The molecule has 3 amide bonds. The largest absolute Gasteiger partial charge is 0.416 e. The van der Waals surface area contributed by atoms with Gasteiger partial charge in [-0.15, -0.1) is 0 Å². The van der Waals surface area contributed by atoms with Crippen molar-refractivity contribution in [2.24, 2.45) is 11.8 Å². The first-order chi connectivity index (χ1) is 18.6. The van der Waals surface area contributed by atoms with E-state index >= 15 is 0 Å². The summed E-state index contributed by atoms with van der Waals surface area (Å²) >= 11 is 6.29. The van der Waals surface area contributed by atoms with E-state index in [0.29, 0.717) is 16.3 Å². The quantitative estimate of drug-likeness (QED) is 0.416. The molecule has 4 atom stereocenters. The van der Waals surface area contributed by atoms with Gasteiger partial charge in [0.15, 0.2) is 0 Å². The Morgan fingerprint density at radius 1 is 0.949 bits per heavy atom. The topological polar surface area (TPSA) is 69.7 Å². The highest BCUT2D eigenvalue weighted by Gasteiger charge is 2.64. The van der Waals surface area contributed by atoms with Crippen molar-refractivity contribution in [2.45, 2.75) is 25.2 Å². The molecule has 6 nitrogen and oxygen atoms in total. The Bertz CT molecular complexity index is 1570. The molecule has 0 bridgehead atoms. The Morgan fingerprint density at radius 3 is 2.44 bits per heavy atom. The Morgan fingerprint density at radius 2 is 1.67 bits per heavy atom. The molecule has 3 heterocycles. The molecule has 6 rings (SSSR count). The molecule has 2 saturated heterocycles. The third kappa shape index (κ3) is 3.91. The SMILES string of the molecule is Cc1c(Cl)cccc1N1C(=O)[C@@H]2[C@H](C1=O)[C@H]1c3ccccc3C=CN1[C@@H]2C(=O)Nc1cccc(C(F)(F)F)c1. The number of carbonyl (C=O) groups excluding carboxylic acids is 3. The van der Waals surface area contributed by atoms with Gasteiger partial charge in [0.25, 0.3) is 0 Å². The number of amides is 3. The number of nitrogens with zero attached hydrogens (tertiary/aromatic N) is 2. The van der Waals surface area contributed by atoms with E-state index in [-0.39, 0.29) is 5.69 Å². The molecule has 0 unspecified atom stereocenters. The maximum absolute atomic E-state index is 14.0. The van der Waals surface area contributed by atoms with Gasteiger partial charge in [0, 0.05) is 16.9 Å². The number of carbonyl (C=O) groups is 3. The van der Waals surface area contributed by atoms with Crippen LogP contribution in [0.4, 0.5) is 24.5 Å². The molecule has 0 radical (unpaired) electrons. The molecule has 2 fully saturated rings. The molecule has 0 aromatic heterocycles. The van der Waals surface area contributed by atoms with Crippen LogP contribution in [0.3, 0.4) is 0 Å². The number of halogens is 4. The minimum Gasteiger partial charge on any atom is -0.357 e. The van der Waals surface area contributed by atoms with Crippen LogP contribution in [0.25, 0.3) is 6.08 Å². The highest BCUT2D eigenvalue weighted by Crippen LogP contribution is 2.53. The maximum Gasteiger partial charge on any atom is 0.416 e. The van der Waals surface area contributed by atoms with Crippen molar-refractivity contribution in [1.29, 1.82) is 0 Å². The molecule has 39 heavy (non-hydrogen) atoms. The number of imide groups is 1. The first-order valence-electron chi connectivity index (χ1n) is 12.2. The normalized spacial score (nSPS) is 23.5. The smallest absolute Gasteiger partial charge is 0.357 e. The molecule has 3 aromatic rings. The van der Waals surface area contributed by atoms with E-state index in [0.717, 1.165) is 28.2 Å². The van der Waals surface area contributed by atoms with Gasteiger partial charge in [0.2, 0.25) is 17.7 Å². The molecule has 3 aromatic carbocycles. The number of benzene rings is 3. The second-order valence-corrected chi connectivity index (χ2v) is 10.2. The summed E-state index contributed by atoms with van der Waals surface area (Å²) in [5.41, 5.74) is 1.56. The van der Waals surface area contributed by atoms with Gasteiger partial charge >= 0.3 is 6.18 Å². The fraction of sp³-hybridized carbons (Fsp3) is 0.207. The highest BCUT2D eigenvalue weighted by atomic mass is 35.5. The number of nitrogens with one attached hydrogen (secondary N) is 1. The van der Waals surface area contributed by atoms with Gasteiger partial charge in [0.05, 0.1) is 29.1 Å². The lowest BCUT2D eigenvalue weighted by Crippen LogP contribution is -2.46. The zero-order chi connectivity index (χ0) is 27.6. The highest BCUT2D eigenvalue weighted by molar-refractivity contribution is 6.32. The average Bonchev–Trinajstić information content (AvgIpc) is 3.38. The lowest BCUT2D eigenvalue weighted by atomic mass is 9.84. The number of hydrogen-bond acceptors (Lipinski definition) is 4. The average molecular weight is 552 g/mol. The molecule has 3 aliphatic heterocycles. The van der Waals surface area contributed by atoms with Gasteiger partial charge in [-0.05, 0) is 60.0 Å². The standard InChI is InChI=1S/C29H21ClF3N3O3/c1-15-20(30)10-5-11-21(15)36-27(38)22-23(28(36)39)25(35-13-12-16-6-2-3-9-19(16)24(22)35)26(37)34-18-8-4-7-17(14-18)29(31,32)33/h2-14,22-25H,1H3,(H,34,37)/t22-,23+,24+,25-/m0/s1. The summed E-state index contributed by atoms with van der Waals surface area (Å²) in [5, 5.41) is 2.94. The monoisotopic (exact) mass is 551 g/mol. The van der Waals surface area contributed by atoms with E-state index < -0.39 is 53.4 Å². The molecule has 10 heteroatoms. The molecule has 0 aliphatic carbocycles. The van der Waals surface area contributed by atoms with E-state index in [1.54, 1.807) is 42.3 Å². The lowest BCUT2D eigenvalue weighted by Gasteiger charge is -2.35. The summed E-state index contributed by atoms with van der Waals surface area (Å²) in [6, 6.07) is 14.9. The Balaban J connectivity index is 1.43. The van der Waals surface area contributed by atoms with Gasteiger partial charge in [-0.1, -0.05) is 48.0 Å². The predicted molar refractivity (Wildman–Crippen MR) is 140 cm³/mol. The van der Waals surface area contributed by atoms with Crippen LogP contribution in [0, 0.1) is 18.8 Å². The minimum atomic E-state index is -4.59. The molecule has 198 valence electrons. The van der Waals surface area contributed by atoms with Crippen LogP contribution in [-0.4, -0.2) is 28.7 Å². The van der Waals surface area contributed by atoms with Crippen molar-refractivity contribution in [3.8, 4) is 0 Å². The molecule has 3 aliphatic rings. The van der Waals surface area contributed by atoms with E-state index in [1.807, 2.05) is 24.3 Å². The van der Waals surface area contributed by atoms with E-state index in [2.05, 4.69) is 5.32 Å². The van der Waals surface area contributed by atoms with Gasteiger partial charge in [-0.25, -0.2) is 4.90 Å². The van der Waals surface area contributed by atoms with Gasteiger partial charge in [-0.2, -0.15) is 13.2 Å². The summed E-state index contributed by atoms with van der Waals surface area (Å²) < 4.78 is 39.8. The first-order valence-corrected chi connectivity index (χ1v) is 12.6. The van der Waals surface area contributed by atoms with Gasteiger partial charge in [0.1, 0.15) is 6.04 Å². The van der Waals surface area contributed by atoms with Crippen molar-refractivity contribution in [3.05, 3.63) is 100 Å². The molecular formula is C29H21ClF3N3O3. The van der Waals surface area contributed by atoms with Crippen molar-refractivity contribution >= 4 is 46.8 Å². The molecule has 0 spiro atoms. The number of rotatable bonds is 3. The second kappa shape index (κ2) is 8.98. The van der Waals surface area contributed by atoms with E-state index in [1.165, 1.54) is 12.1 Å². The zero-order valence-corrected chi connectivity index (χ0v) is 21.2. The van der Waals surface area contributed by atoms with E-state index in [4.69, 9.17) is 11.6 Å². The Kier molecular flexibility index (Phi) is 5.80. The summed E-state index contributed by atoms with van der Waals surface area (Å²) in [6.45, 7) is 1.70. The fourth-order valence-electron chi connectivity index (χ4n) is 5.92. The van der Waals surface area contributed by atoms with Crippen LogP contribution in [0.1, 0.15) is 28.3 Å². The Hall–Kier alpha value is -4.11. The fourth-order valence-corrected chi connectivity index (χ4v) is 6.09. The van der Waals surface area contributed by atoms with Crippen molar-refractivity contribution in [1.82, 2.24) is 4.90 Å². The minimum absolute atomic E-state index is 0.0597. The molecule has 0 saturated carbocycles. The van der Waals surface area contributed by atoms with Crippen LogP contribution in [0.5, 0.6) is 0 Å². The van der Waals surface area contributed by atoms with E-state index in [9.17, 15) is 27.6 Å². The summed E-state index contributed by atoms with van der Waals surface area (Å²) in [4.78, 5) is 44.4. The van der Waals surface area contributed by atoms with Gasteiger partial charge in [-0.3, -0.25) is 14.4 Å². The van der Waals surface area contributed by atoms with Crippen LogP contribution in [-0.2, 0) is 20.6 Å². The number of hydrogen-bond donors (Lipinski definition) is 1. The van der Waals surface area contributed by atoms with Crippen LogP contribution in [0.15, 0.2) is 72.9 Å². The summed E-state index contributed by atoms with van der Waals surface area (Å²) in [5.74, 6) is -3.65. The van der Waals surface area contributed by atoms with Crippen molar-refractivity contribution < 1.29 is 27.6 Å². The van der Waals surface area contributed by atoms with Crippen LogP contribution < -0.4 is 10.2 Å². The van der Waals surface area contributed by atoms with Crippen LogP contribution in [0.2, 0.25) is 5.02 Å². The van der Waals surface area contributed by atoms with Gasteiger partial charge < -0.3 is 10.2 Å². The third-order valence-electron chi connectivity index (χ3n) is 7.67. The Labute approximate surface area is 226 Å². The summed E-state index contributed by atoms with van der Waals surface area (Å²) in [6.07, 6.45) is -1.12. The molecule has 1 N–H and O–H groups in total. The first kappa shape index (κ1) is 25.2. The number of fused-ring (bicyclic) bond motifs is 5. The predicted octanol–water partition coefficient (Wildman–Crippen LogP) is 5.82. The van der Waals surface area contributed by atoms with Crippen molar-refractivity contribution in [2.75, 3.05) is 10.2 Å². The van der Waals surface area contributed by atoms with Crippen LogP contribution >= 0.6 is 11.6 Å². The summed E-state index contributed by atoms with van der Waals surface area (Å²) in [7, 11) is 0. The number of alkyl halides is 3. The second-order valence-electron chi connectivity index (χ2n) is 9.80. The molecular weight excluding hydrogens is 531 g/mol. The third-order valence-corrected chi connectivity index (χ3v) is 8.08. The van der Waals surface area contributed by atoms with Crippen molar-refractivity contribution in [3.63, 3.8) is 0 Å². The lowest BCUT2D eigenvalue weighted by molar-refractivity contribution is -0.137. The zero-order valence-electron chi connectivity index (χ0n) is 20.4.